The minimum Gasteiger partial charge on any atom is -0.481 e. The number of hydrogen-bond acceptors (Lipinski definition) is 4. The van der Waals surface area contributed by atoms with Crippen LogP contribution in [0.2, 0.25) is 0 Å². The Bertz CT molecular complexity index is 911. The molecule has 0 radical (unpaired) electrons. The molecule has 2 unspecified atom stereocenters. The summed E-state index contributed by atoms with van der Waals surface area (Å²) in [5.41, 5.74) is 0.886. The predicted molar refractivity (Wildman–Crippen MR) is 99.7 cm³/mol. The van der Waals surface area contributed by atoms with Crippen molar-refractivity contribution in [3.63, 3.8) is 0 Å². The van der Waals surface area contributed by atoms with Gasteiger partial charge in [-0.05, 0) is 50.1 Å². The van der Waals surface area contributed by atoms with E-state index in [0.717, 1.165) is 17.4 Å². The summed E-state index contributed by atoms with van der Waals surface area (Å²) < 4.78 is 13.3. The van der Waals surface area contributed by atoms with Crippen LogP contribution in [0.15, 0.2) is 30.3 Å². The zero-order valence-electron chi connectivity index (χ0n) is 14.9. The average molecular weight is 390 g/mol. The van der Waals surface area contributed by atoms with Crippen molar-refractivity contribution in [2.45, 2.75) is 26.3 Å². The molecule has 6 nitrogen and oxygen atoms in total. The van der Waals surface area contributed by atoms with Gasteiger partial charge in [0.15, 0.2) is 0 Å². The first-order chi connectivity index (χ1) is 12.8. The Morgan fingerprint density at radius 1 is 1.30 bits per heavy atom. The molecule has 1 aliphatic heterocycles. The maximum atomic E-state index is 13.3. The second-order valence-corrected chi connectivity index (χ2v) is 7.61. The lowest BCUT2D eigenvalue weighted by Gasteiger charge is -2.23. The average Bonchev–Trinajstić information content (AvgIpc) is 3.17. The number of carbonyl (C=O) groups is 3. The Labute approximate surface area is 159 Å². The Morgan fingerprint density at radius 3 is 2.67 bits per heavy atom. The number of halogens is 1. The fourth-order valence-corrected chi connectivity index (χ4v) is 4.28. The Kier molecular flexibility index (Phi) is 5.27. The van der Waals surface area contributed by atoms with Gasteiger partial charge >= 0.3 is 5.97 Å². The van der Waals surface area contributed by atoms with E-state index in [2.05, 4.69) is 5.32 Å². The van der Waals surface area contributed by atoms with Crippen molar-refractivity contribution in [2.75, 3.05) is 11.9 Å². The van der Waals surface area contributed by atoms with Gasteiger partial charge in [-0.2, -0.15) is 0 Å². The lowest BCUT2D eigenvalue weighted by Crippen LogP contribution is -2.37. The summed E-state index contributed by atoms with van der Waals surface area (Å²) in [6.45, 7) is 3.88. The SMILES string of the molecule is Cc1cc(NC(=O)c2cccc(F)c2)sc1C(=O)N1CCC(C(=O)O)C1C. The molecule has 1 aromatic heterocycles. The van der Waals surface area contributed by atoms with Crippen LogP contribution in [0.25, 0.3) is 0 Å². The minimum atomic E-state index is -0.899. The van der Waals surface area contributed by atoms with Crippen LogP contribution in [-0.4, -0.2) is 40.4 Å². The lowest BCUT2D eigenvalue weighted by atomic mass is 10.0. The number of benzene rings is 1. The molecule has 1 saturated heterocycles. The van der Waals surface area contributed by atoms with Gasteiger partial charge in [0.1, 0.15) is 5.82 Å². The van der Waals surface area contributed by atoms with E-state index in [-0.39, 0.29) is 17.5 Å². The number of thiophene rings is 1. The van der Waals surface area contributed by atoms with E-state index in [1.807, 2.05) is 0 Å². The fourth-order valence-electron chi connectivity index (χ4n) is 3.26. The Morgan fingerprint density at radius 2 is 2.04 bits per heavy atom. The number of nitrogens with zero attached hydrogens (tertiary/aromatic N) is 1. The first-order valence-electron chi connectivity index (χ1n) is 8.49. The molecule has 27 heavy (non-hydrogen) atoms. The number of likely N-dealkylation sites (tertiary alicyclic amines) is 1. The van der Waals surface area contributed by atoms with Gasteiger partial charge in [0.2, 0.25) is 0 Å². The molecule has 1 fully saturated rings. The Hall–Kier alpha value is -2.74. The number of nitrogens with one attached hydrogen (secondary N) is 1. The van der Waals surface area contributed by atoms with Crippen LogP contribution in [-0.2, 0) is 4.79 Å². The molecule has 142 valence electrons. The van der Waals surface area contributed by atoms with E-state index in [4.69, 9.17) is 0 Å². The molecule has 2 aromatic rings. The second kappa shape index (κ2) is 7.48. The van der Waals surface area contributed by atoms with Crippen LogP contribution in [0.5, 0.6) is 0 Å². The van der Waals surface area contributed by atoms with Crippen molar-refractivity contribution < 1.29 is 23.9 Å². The third-order valence-electron chi connectivity index (χ3n) is 4.77. The molecule has 0 spiro atoms. The number of amides is 2. The van der Waals surface area contributed by atoms with E-state index in [1.54, 1.807) is 24.8 Å². The molecule has 8 heteroatoms. The number of rotatable bonds is 4. The highest BCUT2D eigenvalue weighted by atomic mass is 32.1. The molecule has 1 aliphatic rings. The number of aliphatic carboxylic acids is 1. The smallest absolute Gasteiger partial charge is 0.308 e. The maximum Gasteiger partial charge on any atom is 0.308 e. The van der Waals surface area contributed by atoms with Crippen LogP contribution in [0, 0.1) is 18.7 Å². The first-order valence-corrected chi connectivity index (χ1v) is 9.30. The molecule has 1 aromatic carbocycles. The zero-order chi connectivity index (χ0) is 19.7. The van der Waals surface area contributed by atoms with Gasteiger partial charge in [0.25, 0.3) is 11.8 Å². The van der Waals surface area contributed by atoms with Gasteiger partial charge in [-0.3, -0.25) is 14.4 Å². The van der Waals surface area contributed by atoms with Crippen LogP contribution in [0.1, 0.15) is 38.9 Å². The number of aryl methyl sites for hydroxylation is 1. The van der Waals surface area contributed by atoms with E-state index in [0.29, 0.717) is 28.4 Å². The highest BCUT2D eigenvalue weighted by Gasteiger charge is 2.39. The highest BCUT2D eigenvalue weighted by Crippen LogP contribution is 2.32. The minimum absolute atomic E-state index is 0.186. The molecule has 0 bridgehead atoms. The molecular weight excluding hydrogens is 371 g/mol. The fraction of sp³-hybridized carbons (Fsp3) is 0.316. The summed E-state index contributed by atoms with van der Waals surface area (Å²) in [4.78, 5) is 38.4. The van der Waals surface area contributed by atoms with Crippen molar-refractivity contribution in [2.24, 2.45) is 5.92 Å². The standard InChI is InChI=1S/C19H19FN2O4S/c1-10-8-15(21-17(23)12-4-3-5-13(20)9-12)27-16(10)18(24)22-7-6-14(11(22)2)19(25)26/h3-5,8-9,11,14H,6-7H2,1-2H3,(H,21,23)(H,25,26). The van der Waals surface area contributed by atoms with Crippen LogP contribution < -0.4 is 5.32 Å². The van der Waals surface area contributed by atoms with Gasteiger partial charge in [-0.15, -0.1) is 11.3 Å². The normalized spacial score (nSPS) is 19.1. The number of carboxylic acids is 1. The van der Waals surface area contributed by atoms with Crippen molar-refractivity contribution in [3.8, 4) is 0 Å². The molecule has 3 rings (SSSR count). The van der Waals surface area contributed by atoms with Crippen LogP contribution in [0.4, 0.5) is 9.39 Å². The summed E-state index contributed by atoms with van der Waals surface area (Å²) in [6, 6.07) is 6.64. The topological polar surface area (TPSA) is 86.7 Å². The maximum absolute atomic E-state index is 13.3. The molecule has 2 N–H and O–H groups in total. The lowest BCUT2D eigenvalue weighted by molar-refractivity contribution is -0.142. The summed E-state index contributed by atoms with van der Waals surface area (Å²) >= 11 is 1.13. The van der Waals surface area contributed by atoms with Crippen molar-refractivity contribution in [3.05, 3.63) is 52.2 Å². The largest absolute Gasteiger partial charge is 0.481 e. The van der Waals surface area contributed by atoms with E-state index >= 15 is 0 Å². The molecule has 2 amide bonds. The Balaban J connectivity index is 1.75. The van der Waals surface area contributed by atoms with Crippen molar-refractivity contribution >= 4 is 34.1 Å². The van der Waals surface area contributed by atoms with Gasteiger partial charge in [0, 0.05) is 18.2 Å². The van der Waals surface area contributed by atoms with E-state index < -0.39 is 23.6 Å². The number of hydrogen-bond donors (Lipinski definition) is 2. The first kappa shape index (κ1) is 19.0. The summed E-state index contributed by atoms with van der Waals surface area (Å²) in [6.07, 6.45) is 0.426. The quantitative estimate of drug-likeness (QED) is 0.838. The number of carboxylic acid groups (broad SMARTS) is 1. The number of carbonyl (C=O) groups excluding carboxylic acids is 2. The molecule has 0 saturated carbocycles. The van der Waals surface area contributed by atoms with Gasteiger partial charge < -0.3 is 15.3 Å². The van der Waals surface area contributed by atoms with E-state index in [9.17, 15) is 23.9 Å². The summed E-state index contributed by atoms with van der Waals surface area (Å²) in [7, 11) is 0. The molecule has 0 aliphatic carbocycles. The monoisotopic (exact) mass is 390 g/mol. The van der Waals surface area contributed by atoms with Gasteiger partial charge in [-0.1, -0.05) is 6.07 Å². The van der Waals surface area contributed by atoms with E-state index in [1.165, 1.54) is 18.2 Å². The van der Waals surface area contributed by atoms with Crippen molar-refractivity contribution in [1.82, 2.24) is 4.90 Å². The second-order valence-electron chi connectivity index (χ2n) is 6.56. The van der Waals surface area contributed by atoms with Crippen LogP contribution >= 0.6 is 11.3 Å². The highest BCUT2D eigenvalue weighted by molar-refractivity contribution is 7.18. The third kappa shape index (κ3) is 3.85. The third-order valence-corrected chi connectivity index (χ3v) is 5.91. The molecule has 2 heterocycles. The molecule has 2 atom stereocenters. The molecular formula is C19H19FN2O4S. The summed E-state index contributed by atoms with van der Waals surface area (Å²) in [5.74, 6) is -2.67. The van der Waals surface area contributed by atoms with Gasteiger partial charge in [0.05, 0.1) is 15.8 Å². The predicted octanol–water partition coefficient (Wildman–Crippen LogP) is 3.38. The zero-order valence-corrected chi connectivity index (χ0v) is 15.7. The summed E-state index contributed by atoms with van der Waals surface area (Å²) in [5, 5.41) is 12.4. The van der Waals surface area contributed by atoms with Gasteiger partial charge in [-0.25, -0.2) is 4.39 Å². The van der Waals surface area contributed by atoms with Crippen LogP contribution in [0.3, 0.4) is 0 Å². The van der Waals surface area contributed by atoms with Crippen molar-refractivity contribution in [1.29, 1.82) is 0 Å². The number of anilines is 1.